The molecule has 8 nitrogen and oxygen atoms in total. The van der Waals surface area contributed by atoms with Crippen LogP contribution < -0.4 is 16.8 Å². The summed E-state index contributed by atoms with van der Waals surface area (Å²) < 4.78 is 17.8. The Labute approximate surface area is 219 Å². The number of hydrogen-bond donors (Lipinski definition) is 3. The summed E-state index contributed by atoms with van der Waals surface area (Å²) in [4.78, 5) is 40.8. The normalized spacial score (nSPS) is 14.3. The van der Waals surface area contributed by atoms with E-state index in [0.717, 1.165) is 48.3 Å². The lowest BCUT2D eigenvalue weighted by molar-refractivity contribution is -0.126. The lowest BCUT2D eigenvalue weighted by Gasteiger charge is -2.32. The van der Waals surface area contributed by atoms with Gasteiger partial charge in [-0.05, 0) is 66.5 Å². The van der Waals surface area contributed by atoms with Gasteiger partial charge in [0.15, 0.2) is 5.69 Å². The third-order valence-corrected chi connectivity index (χ3v) is 7.60. The van der Waals surface area contributed by atoms with Crippen LogP contribution in [0.4, 0.5) is 10.1 Å². The average Bonchev–Trinajstić information content (AvgIpc) is 3.52. The Morgan fingerprint density at radius 3 is 2.43 bits per heavy atom. The van der Waals surface area contributed by atoms with E-state index in [9.17, 15) is 18.8 Å². The van der Waals surface area contributed by atoms with E-state index in [2.05, 4.69) is 9.69 Å². The lowest BCUT2D eigenvalue weighted by Crippen LogP contribution is -2.46. The number of aryl methyl sites for hydroxylation is 1. The molecule has 0 spiro atoms. The van der Waals surface area contributed by atoms with Crippen molar-refractivity contribution >= 4 is 34.9 Å². The second kappa shape index (κ2) is 11.5. The first-order valence-electron chi connectivity index (χ1n) is 12.2. The van der Waals surface area contributed by atoms with E-state index < -0.39 is 23.7 Å². The fraction of sp³-hybridized carbons (Fsp3) is 0.333. The van der Waals surface area contributed by atoms with Crippen LogP contribution in [0.15, 0.2) is 48.5 Å². The number of rotatable bonds is 9. The minimum absolute atomic E-state index is 0.0127. The Kier molecular flexibility index (Phi) is 8.17. The van der Waals surface area contributed by atoms with Crippen molar-refractivity contribution in [1.29, 1.82) is 0 Å². The molecule has 37 heavy (non-hydrogen) atoms. The molecule has 2 aromatic carbocycles. The van der Waals surface area contributed by atoms with Crippen LogP contribution in [0.3, 0.4) is 0 Å². The van der Waals surface area contributed by atoms with Crippen molar-refractivity contribution < 1.29 is 18.8 Å². The standard InChI is InChI=1S/C27H30FN5O3S/c1-16-6-2-3-7-17(16)14-15-33(27(36)24-21(29)22(25(30)34)32-37-24)23(18-10-12-19(28)13-11-18)26(35)31-20-8-4-5-9-20/h2-3,6-7,10-13,20,23H,4-5,8-9,14-15,29H2,1H3,(H2,30,34)(H,31,35). The Balaban J connectivity index is 1.75. The summed E-state index contributed by atoms with van der Waals surface area (Å²) in [7, 11) is 0. The fourth-order valence-electron chi connectivity index (χ4n) is 4.71. The molecule has 3 amide bonds. The molecule has 1 unspecified atom stereocenters. The van der Waals surface area contributed by atoms with E-state index in [0.29, 0.717) is 12.0 Å². The largest absolute Gasteiger partial charge is 0.395 e. The predicted molar refractivity (Wildman–Crippen MR) is 141 cm³/mol. The number of halogens is 1. The van der Waals surface area contributed by atoms with E-state index in [1.165, 1.54) is 29.2 Å². The van der Waals surface area contributed by atoms with Crippen molar-refractivity contribution in [3.8, 4) is 0 Å². The Bertz CT molecular complexity index is 1290. The molecular weight excluding hydrogens is 493 g/mol. The van der Waals surface area contributed by atoms with Gasteiger partial charge in [0.25, 0.3) is 11.8 Å². The molecule has 1 heterocycles. The number of nitrogen functional groups attached to an aromatic ring is 1. The van der Waals surface area contributed by atoms with Crippen molar-refractivity contribution in [3.05, 3.63) is 81.6 Å². The second-order valence-electron chi connectivity index (χ2n) is 9.26. The number of anilines is 1. The number of hydrogen-bond acceptors (Lipinski definition) is 6. The van der Waals surface area contributed by atoms with Crippen LogP contribution >= 0.6 is 11.5 Å². The Morgan fingerprint density at radius 2 is 1.81 bits per heavy atom. The summed E-state index contributed by atoms with van der Waals surface area (Å²) in [6.45, 7) is 2.15. The monoisotopic (exact) mass is 523 g/mol. The van der Waals surface area contributed by atoms with Crippen LogP contribution in [0.25, 0.3) is 0 Å². The van der Waals surface area contributed by atoms with Gasteiger partial charge in [0.1, 0.15) is 16.7 Å². The Hall–Kier alpha value is -3.79. The van der Waals surface area contributed by atoms with Gasteiger partial charge in [-0.2, -0.15) is 4.37 Å². The van der Waals surface area contributed by atoms with Crippen molar-refractivity contribution in [2.24, 2.45) is 5.73 Å². The molecule has 194 valence electrons. The van der Waals surface area contributed by atoms with Gasteiger partial charge in [-0.25, -0.2) is 4.39 Å². The molecule has 1 saturated carbocycles. The zero-order chi connectivity index (χ0) is 26.5. The molecule has 1 aliphatic rings. The third-order valence-electron chi connectivity index (χ3n) is 6.75. The summed E-state index contributed by atoms with van der Waals surface area (Å²) in [5.41, 5.74) is 13.7. The highest BCUT2D eigenvalue weighted by molar-refractivity contribution is 7.09. The Morgan fingerprint density at radius 1 is 1.14 bits per heavy atom. The summed E-state index contributed by atoms with van der Waals surface area (Å²) in [5, 5.41) is 3.08. The van der Waals surface area contributed by atoms with Gasteiger partial charge in [0.2, 0.25) is 5.91 Å². The van der Waals surface area contributed by atoms with E-state index in [4.69, 9.17) is 11.5 Å². The first kappa shape index (κ1) is 26.3. The summed E-state index contributed by atoms with van der Waals surface area (Å²) >= 11 is 0.767. The van der Waals surface area contributed by atoms with Crippen LogP contribution in [0.5, 0.6) is 0 Å². The average molecular weight is 524 g/mol. The number of nitrogens with two attached hydrogens (primary N) is 2. The first-order chi connectivity index (χ1) is 17.8. The van der Waals surface area contributed by atoms with Gasteiger partial charge < -0.3 is 21.7 Å². The zero-order valence-corrected chi connectivity index (χ0v) is 21.4. The number of carbonyl (C=O) groups is 3. The molecule has 0 radical (unpaired) electrons. The van der Waals surface area contributed by atoms with E-state index in [-0.39, 0.29) is 34.8 Å². The van der Waals surface area contributed by atoms with Crippen molar-refractivity contribution in [3.63, 3.8) is 0 Å². The molecule has 1 fully saturated rings. The maximum absolute atomic E-state index is 13.9. The molecule has 0 aliphatic heterocycles. The van der Waals surface area contributed by atoms with Gasteiger partial charge in [-0.3, -0.25) is 14.4 Å². The quantitative estimate of drug-likeness (QED) is 0.393. The molecule has 5 N–H and O–H groups in total. The van der Waals surface area contributed by atoms with E-state index in [1.54, 1.807) is 0 Å². The first-order valence-corrected chi connectivity index (χ1v) is 13.0. The number of amides is 3. The SMILES string of the molecule is Cc1ccccc1CCN(C(=O)c1snc(C(N)=O)c1N)C(C(=O)NC1CCCC1)c1ccc(F)cc1. The minimum atomic E-state index is -1.05. The number of primary amides is 1. The number of aromatic nitrogens is 1. The third kappa shape index (κ3) is 5.96. The zero-order valence-electron chi connectivity index (χ0n) is 20.6. The predicted octanol–water partition coefficient (Wildman–Crippen LogP) is 3.76. The van der Waals surface area contributed by atoms with E-state index >= 15 is 0 Å². The highest BCUT2D eigenvalue weighted by atomic mass is 32.1. The van der Waals surface area contributed by atoms with Crippen LogP contribution in [0.1, 0.15) is 68.6 Å². The summed E-state index contributed by atoms with van der Waals surface area (Å²) in [6, 6.07) is 12.3. The van der Waals surface area contributed by atoms with Crippen molar-refractivity contribution in [2.45, 2.75) is 51.1 Å². The maximum atomic E-state index is 13.9. The van der Waals surface area contributed by atoms with Crippen LogP contribution in [0, 0.1) is 12.7 Å². The molecule has 1 aromatic heterocycles. The summed E-state index contributed by atoms with van der Waals surface area (Å²) in [5.74, 6) is -2.19. The highest BCUT2D eigenvalue weighted by Crippen LogP contribution is 2.30. The number of carbonyl (C=O) groups excluding carboxylic acids is 3. The molecule has 4 rings (SSSR count). The van der Waals surface area contributed by atoms with Crippen LogP contribution in [-0.2, 0) is 11.2 Å². The van der Waals surface area contributed by atoms with Gasteiger partial charge in [0.05, 0.1) is 5.69 Å². The smallest absolute Gasteiger partial charge is 0.270 e. The fourth-order valence-corrected chi connectivity index (χ4v) is 5.47. The van der Waals surface area contributed by atoms with Gasteiger partial charge >= 0.3 is 0 Å². The number of nitrogens with one attached hydrogen (secondary N) is 1. The van der Waals surface area contributed by atoms with E-state index in [1.807, 2.05) is 31.2 Å². The number of benzene rings is 2. The lowest BCUT2D eigenvalue weighted by atomic mass is 10.0. The highest BCUT2D eigenvalue weighted by Gasteiger charge is 2.35. The maximum Gasteiger partial charge on any atom is 0.270 e. The molecule has 0 saturated heterocycles. The van der Waals surface area contributed by atoms with Gasteiger partial charge in [-0.15, -0.1) is 0 Å². The minimum Gasteiger partial charge on any atom is -0.395 e. The van der Waals surface area contributed by atoms with Gasteiger partial charge in [0, 0.05) is 12.6 Å². The van der Waals surface area contributed by atoms with Gasteiger partial charge in [-0.1, -0.05) is 49.2 Å². The van der Waals surface area contributed by atoms with Crippen LogP contribution in [-0.4, -0.2) is 39.6 Å². The summed E-state index contributed by atoms with van der Waals surface area (Å²) in [6.07, 6.45) is 4.24. The number of nitrogens with zero attached hydrogens (tertiary/aromatic N) is 2. The molecule has 1 aliphatic carbocycles. The molecule has 3 aromatic rings. The molecule has 10 heteroatoms. The topological polar surface area (TPSA) is 131 Å². The van der Waals surface area contributed by atoms with Crippen LogP contribution in [0.2, 0.25) is 0 Å². The second-order valence-corrected chi connectivity index (χ2v) is 10.0. The van der Waals surface area contributed by atoms with Crippen molar-refractivity contribution in [2.75, 3.05) is 12.3 Å². The molecule has 1 atom stereocenters. The molecular formula is C27H30FN5O3S. The molecule has 0 bridgehead atoms. The van der Waals surface area contributed by atoms with Crippen molar-refractivity contribution in [1.82, 2.24) is 14.6 Å².